The summed E-state index contributed by atoms with van der Waals surface area (Å²) in [5, 5.41) is 8.92. The number of Topliss-reactive ketones (excluding diaryl/α,β-unsaturated/α-hetero) is 1. The summed E-state index contributed by atoms with van der Waals surface area (Å²) in [5.74, 6) is -0.287. The molecule has 0 aliphatic heterocycles. The highest BCUT2D eigenvalue weighted by molar-refractivity contribution is 14.1. The number of halogens is 2. The highest BCUT2D eigenvalue weighted by Crippen LogP contribution is 2.21. The van der Waals surface area contributed by atoms with E-state index in [0.29, 0.717) is 11.1 Å². The van der Waals surface area contributed by atoms with Gasteiger partial charge in [-0.1, -0.05) is 6.07 Å². The minimum atomic E-state index is -0.198. The minimum absolute atomic E-state index is 0.0892. The molecule has 2 nitrogen and oxygen atoms in total. The zero-order chi connectivity index (χ0) is 10.7. The second kappa shape index (κ2) is 4.76. The van der Waals surface area contributed by atoms with Crippen LogP contribution in [0.4, 0.5) is 0 Å². The van der Waals surface area contributed by atoms with Gasteiger partial charge in [0.1, 0.15) is 6.07 Å². The fraction of sp³-hybridized carbons (Fsp3) is 0.200. The van der Waals surface area contributed by atoms with Crippen LogP contribution in [-0.4, -0.2) is 11.7 Å². The quantitative estimate of drug-likeness (QED) is 0.478. The van der Waals surface area contributed by atoms with E-state index in [1.165, 1.54) is 0 Å². The van der Waals surface area contributed by atoms with Gasteiger partial charge in [-0.25, -0.2) is 0 Å². The molecule has 0 aliphatic carbocycles. The molecule has 0 atom stereocenters. The van der Waals surface area contributed by atoms with Crippen LogP contribution < -0.4 is 0 Å². The van der Waals surface area contributed by atoms with Crippen molar-refractivity contribution in [2.45, 2.75) is 6.92 Å². The first-order chi connectivity index (χ1) is 6.61. The first kappa shape index (κ1) is 11.5. The van der Waals surface area contributed by atoms with Gasteiger partial charge in [0.15, 0.2) is 5.78 Å². The number of alkyl halides is 1. The van der Waals surface area contributed by atoms with Crippen molar-refractivity contribution in [3.05, 3.63) is 32.4 Å². The van der Waals surface area contributed by atoms with Crippen LogP contribution in [0.3, 0.4) is 0 Å². The van der Waals surface area contributed by atoms with Crippen molar-refractivity contribution in [1.82, 2.24) is 0 Å². The highest BCUT2D eigenvalue weighted by atomic mass is 127. The Morgan fingerprint density at radius 3 is 2.79 bits per heavy atom. The lowest BCUT2D eigenvalue weighted by atomic mass is 10.0. The largest absolute Gasteiger partial charge is 0.293 e. The predicted molar refractivity (Wildman–Crippen MR) is 63.7 cm³/mol. The summed E-state index contributed by atoms with van der Waals surface area (Å²) in [6, 6.07) is 5.68. The van der Waals surface area contributed by atoms with E-state index < -0.39 is 0 Å². The predicted octanol–water partition coefficient (Wildman–Crippen LogP) is 2.89. The van der Waals surface area contributed by atoms with Crippen molar-refractivity contribution in [3.63, 3.8) is 0 Å². The smallest absolute Gasteiger partial charge is 0.179 e. The van der Waals surface area contributed by atoms with E-state index in [1.54, 1.807) is 6.92 Å². The van der Waals surface area contributed by atoms with Gasteiger partial charge >= 0.3 is 0 Å². The number of aryl methyl sites for hydroxylation is 1. The average Bonchev–Trinajstić information content (AvgIpc) is 2.19. The van der Waals surface area contributed by atoms with Crippen molar-refractivity contribution < 1.29 is 4.79 Å². The topological polar surface area (TPSA) is 40.9 Å². The standard InChI is InChI=1S/C10H7ClINO/c1-6-2-3-8(12)10(7(6)5-13)9(14)4-11/h2-3H,4H2,1H3. The van der Waals surface area contributed by atoms with Gasteiger partial charge in [0.2, 0.25) is 0 Å². The Kier molecular flexibility index (Phi) is 3.90. The van der Waals surface area contributed by atoms with Crippen LogP contribution in [-0.2, 0) is 0 Å². The van der Waals surface area contributed by atoms with Crippen LogP contribution in [0.25, 0.3) is 0 Å². The maximum atomic E-state index is 11.5. The summed E-state index contributed by atoms with van der Waals surface area (Å²) in [6.07, 6.45) is 0. The van der Waals surface area contributed by atoms with E-state index in [4.69, 9.17) is 16.9 Å². The monoisotopic (exact) mass is 319 g/mol. The van der Waals surface area contributed by atoms with Crippen molar-refractivity contribution in [2.75, 3.05) is 5.88 Å². The number of ketones is 1. The molecule has 0 unspecified atom stereocenters. The second-order valence-electron chi connectivity index (χ2n) is 2.78. The highest BCUT2D eigenvalue weighted by Gasteiger charge is 2.15. The molecular formula is C10H7ClINO. The molecule has 4 heteroatoms. The van der Waals surface area contributed by atoms with Crippen molar-refractivity contribution >= 4 is 40.0 Å². The Morgan fingerprint density at radius 1 is 1.64 bits per heavy atom. The van der Waals surface area contributed by atoms with Crippen LogP contribution in [0.2, 0.25) is 0 Å². The summed E-state index contributed by atoms with van der Waals surface area (Å²) in [6.45, 7) is 1.81. The second-order valence-corrected chi connectivity index (χ2v) is 4.21. The van der Waals surface area contributed by atoms with Gasteiger partial charge in [-0.15, -0.1) is 11.6 Å². The average molecular weight is 320 g/mol. The van der Waals surface area contributed by atoms with E-state index in [0.717, 1.165) is 9.13 Å². The van der Waals surface area contributed by atoms with Gasteiger partial charge < -0.3 is 0 Å². The maximum absolute atomic E-state index is 11.5. The fourth-order valence-corrected chi connectivity index (χ4v) is 2.05. The molecule has 0 saturated carbocycles. The lowest BCUT2D eigenvalue weighted by Crippen LogP contribution is -2.07. The molecule has 0 radical (unpaired) electrons. The number of rotatable bonds is 2. The Morgan fingerprint density at radius 2 is 2.29 bits per heavy atom. The zero-order valence-electron chi connectivity index (χ0n) is 7.47. The van der Waals surface area contributed by atoms with E-state index in [9.17, 15) is 4.79 Å². The molecule has 0 bridgehead atoms. The van der Waals surface area contributed by atoms with Gasteiger partial charge in [0, 0.05) is 3.57 Å². The normalized spacial score (nSPS) is 9.57. The number of nitriles is 1. The van der Waals surface area contributed by atoms with Crippen LogP contribution in [0, 0.1) is 21.8 Å². The molecule has 14 heavy (non-hydrogen) atoms. The van der Waals surface area contributed by atoms with Gasteiger partial charge in [-0.2, -0.15) is 5.26 Å². The molecule has 1 aromatic rings. The molecule has 0 saturated heterocycles. The zero-order valence-corrected chi connectivity index (χ0v) is 10.4. The molecule has 0 fully saturated rings. The summed E-state index contributed by atoms with van der Waals surface area (Å²) in [5.41, 5.74) is 1.69. The molecule has 0 amide bonds. The summed E-state index contributed by atoms with van der Waals surface area (Å²) < 4.78 is 0.774. The lowest BCUT2D eigenvalue weighted by molar-refractivity contribution is 0.102. The van der Waals surface area contributed by atoms with Gasteiger partial charge in [0.25, 0.3) is 0 Å². The van der Waals surface area contributed by atoms with Gasteiger partial charge in [0.05, 0.1) is 17.0 Å². The van der Waals surface area contributed by atoms with E-state index in [-0.39, 0.29) is 11.7 Å². The SMILES string of the molecule is Cc1ccc(I)c(C(=O)CCl)c1C#N. The molecule has 72 valence electrons. The first-order valence-electron chi connectivity index (χ1n) is 3.90. The third-order valence-electron chi connectivity index (χ3n) is 1.87. The fourth-order valence-electron chi connectivity index (χ4n) is 1.16. The first-order valence-corrected chi connectivity index (χ1v) is 5.51. The third-order valence-corrected chi connectivity index (χ3v) is 3.02. The van der Waals surface area contributed by atoms with Gasteiger partial charge in [-0.05, 0) is 41.1 Å². The number of carbonyl (C=O) groups excluding carboxylic acids is 1. The Hall–Kier alpha value is -0.600. The Labute approximate surface area is 101 Å². The third kappa shape index (κ3) is 2.07. The lowest BCUT2D eigenvalue weighted by Gasteiger charge is -2.06. The van der Waals surface area contributed by atoms with Crippen molar-refractivity contribution in [1.29, 1.82) is 5.26 Å². The van der Waals surface area contributed by atoms with Crippen LogP contribution in [0.5, 0.6) is 0 Å². The summed E-state index contributed by atoms with van der Waals surface area (Å²) in [4.78, 5) is 11.5. The van der Waals surface area contributed by atoms with Crippen LogP contribution >= 0.6 is 34.2 Å². The number of nitrogens with zero attached hydrogens (tertiary/aromatic N) is 1. The molecule has 0 aromatic heterocycles. The number of hydrogen-bond acceptors (Lipinski definition) is 2. The Balaban J connectivity index is 3.47. The maximum Gasteiger partial charge on any atom is 0.179 e. The Bertz CT molecular complexity index is 423. The minimum Gasteiger partial charge on any atom is -0.293 e. The van der Waals surface area contributed by atoms with Crippen LogP contribution in [0.1, 0.15) is 21.5 Å². The van der Waals surface area contributed by atoms with E-state index in [2.05, 4.69) is 0 Å². The van der Waals surface area contributed by atoms with E-state index >= 15 is 0 Å². The summed E-state index contributed by atoms with van der Waals surface area (Å²) in [7, 11) is 0. The van der Waals surface area contributed by atoms with E-state index in [1.807, 2.05) is 40.8 Å². The molecule has 0 spiro atoms. The molecule has 0 aliphatic rings. The number of carbonyl (C=O) groups is 1. The molecule has 0 heterocycles. The molecular weight excluding hydrogens is 312 g/mol. The van der Waals surface area contributed by atoms with Crippen molar-refractivity contribution in [3.8, 4) is 6.07 Å². The van der Waals surface area contributed by atoms with Gasteiger partial charge in [-0.3, -0.25) is 4.79 Å². The number of benzene rings is 1. The molecule has 1 rings (SSSR count). The molecule has 1 aromatic carbocycles. The van der Waals surface area contributed by atoms with Crippen LogP contribution in [0.15, 0.2) is 12.1 Å². The number of hydrogen-bond donors (Lipinski definition) is 0. The summed E-state index contributed by atoms with van der Waals surface area (Å²) >= 11 is 7.51. The molecule has 0 N–H and O–H groups in total. The van der Waals surface area contributed by atoms with Crippen molar-refractivity contribution in [2.24, 2.45) is 0 Å².